The predicted molar refractivity (Wildman–Crippen MR) is 62.3 cm³/mol. The van der Waals surface area contributed by atoms with Gasteiger partial charge >= 0.3 is 6.09 Å². The highest BCUT2D eigenvalue weighted by Gasteiger charge is 2.26. The van der Waals surface area contributed by atoms with E-state index in [0.717, 1.165) is 19.4 Å². The van der Waals surface area contributed by atoms with Gasteiger partial charge in [0.05, 0.1) is 6.54 Å². The lowest BCUT2D eigenvalue weighted by Crippen LogP contribution is -2.34. The Balaban J connectivity index is 1.84. The molecule has 3 heteroatoms. The molecule has 0 aromatic heterocycles. The van der Waals surface area contributed by atoms with Crippen LogP contribution in [0.25, 0.3) is 0 Å². The van der Waals surface area contributed by atoms with E-state index in [4.69, 9.17) is 4.74 Å². The molecule has 1 fully saturated rings. The third-order valence-corrected chi connectivity index (χ3v) is 3.02. The molecule has 0 radical (unpaired) electrons. The molecule has 1 aromatic rings. The molecule has 0 N–H and O–H groups in total. The zero-order valence-corrected chi connectivity index (χ0v) is 9.56. The first-order valence-corrected chi connectivity index (χ1v) is 5.74. The SMILES string of the molecule is CC(CCc1ccccc1)N1CCOC1=O. The Kier molecular flexibility index (Phi) is 3.44. The van der Waals surface area contributed by atoms with Crippen LogP contribution in [-0.2, 0) is 11.2 Å². The molecule has 0 spiro atoms. The van der Waals surface area contributed by atoms with E-state index in [2.05, 4.69) is 19.1 Å². The number of amides is 1. The van der Waals surface area contributed by atoms with E-state index in [1.807, 2.05) is 23.1 Å². The zero-order chi connectivity index (χ0) is 11.4. The van der Waals surface area contributed by atoms with Gasteiger partial charge in [-0.3, -0.25) is 0 Å². The van der Waals surface area contributed by atoms with Crippen molar-refractivity contribution in [2.45, 2.75) is 25.8 Å². The normalized spacial score (nSPS) is 17.3. The van der Waals surface area contributed by atoms with Crippen molar-refractivity contribution in [3.63, 3.8) is 0 Å². The molecule has 16 heavy (non-hydrogen) atoms. The maximum atomic E-state index is 11.3. The second-order valence-corrected chi connectivity index (χ2v) is 4.18. The third-order valence-electron chi connectivity index (χ3n) is 3.02. The van der Waals surface area contributed by atoms with Crippen LogP contribution in [0, 0.1) is 0 Å². The number of rotatable bonds is 4. The highest BCUT2D eigenvalue weighted by molar-refractivity contribution is 5.69. The fraction of sp³-hybridized carbons (Fsp3) is 0.462. The quantitative estimate of drug-likeness (QED) is 0.778. The van der Waals surface area contributed by atoms with Gasteiger partial charge in [0.15, 0.2) is 0 Å². The summed E-state index contributed by atoms with van der Waals surface area (Å²) < 4.78 is 4.93. The molecule has 1 heterocycles. The van der Waals surface area contributed by atoms with Crippen molar-refractivity contribution in [3.8, 4) is 0 Å². The van der Waals surface area contributed by atoms with Crippen molar-refractivity contribution >= 4 is 6.09 Å². The Morgan fingerprint density at radius 2 is 2.12 bits per heavy atom. The number of carbonyl (C=O) groups is 1. The molecule has 1 atom stereocenters. The zero-order valence-electron chi connectivity index (χ0n) is 9.56. The average molecular weight is 219 g/mol. The van der Waals surface area contributed by atoms with Gasteiger partial charge in [0, 0.05) is 6.04 Å². The van der Waals surface area contributed by atoms with Gasteiger partial charge < -0.3 is 9.64 Å². The van der Waals surface area contributed by atoms with Gasteiger partial charge in [-0.2, -0.15) is 0 Å². The minimum Gasteiger partial charge on any atom is -0.448 e. The Hall–Kier alpha value is -1.51. The number of hydrogen-bond acceptors (Lipinski definition) is 2. The first-order valence-electron chi connectivity index (χ1n) is 5.74. The molecule has 1 aliphatic rings. The molecular weight excluding hydrogens is 202 g/mol. The van der Waals surface area contributed by atoms with Crippen LogP contribution in [0.15, 0.2) is 30.3 Å². The minimum atomic E-state index is -0.166. The van der Waals surface area contributed by atoms with E-state index >= 15 is 0 Å². The fourth-order valence-corrected chi connectivity index (χ4v) is 1.98. The topological polar surface area (TPSA) is 29.5 Å². The molecule has 1 amide bonds. The van der Waals surface area contributed by atoms with Crippen LogP contribution in [0.1, 0.15) is 18.9 Å². The Bertz CT molecular complexity index is 350. The van der Waals surface area contributed by atoms with Crippen molar-refractivity contribution in [1.82, 2.24) is 4.90 Å². The van der Waals surface area contributed by atoms with Crippen molar-refractivity contribution in [2.75, 3.05) is 13.2 Å². The molecule has 3 nitrogen and oxygen atoms in total. The second-order valence-electron chi connectivity index (χ2n) is 4.18. The Morgan fingerprint density at radius 1 is 1.38 bits per heavy atom. The van der Waals surface area contributed by atoms with Crippen molar-refractivity contribution < 1.29 is 9.53 Å². The van der Waals surface area contributed by atoms with Crippen LogP contribution in [0.5, 0.6) is 0 Å². The van der Waals surface area contributed by atoms with E-state index in [1.54, 1.807) is 0 Å². The Labute approximate surface area is 96.0 Å². The van der Waals surface area contributed by atoms with Crippen molar-refractivity contribution in [3.05, 3.63) is 35.9 Å². The molecule has 0 aliphatic carbocycles. The monoisotopic (exact) mass is 219 g/mol. The molecule has 0 saturated carbocycles. The average Bonchev–Trinajstić information content (AvgIpc) is 2.74. The summed E-state index contributed by atoms with van der Waals surface area (Å²) in [4.78, 5) is 13.1. The highest BCUT2D eigenvalue weighted by Crippen LogP contribution is 2.14. The second kappa shape index (κ2) is 5.01. The van der Waals surface area contributed by atoms with Crippen LogP contribution in [0.4, 0.5) is 4.79 Å². The number of ether oxygens (including phenoxy) is 1. The summed E-state index contributed by atoms with van der Waals surface area (Å²) in [5.74, 6) is 0. The highest BCUT2D eigenvalue weighted by atomic mass is 16.6. The van der Waals surface area contributed by atoms with Crippen molar-refractivity contribution in [2.24, 2.45) is 0 Å². The van der Waals surface area contributed by atoms with Gasteiger partial charge in [-0.1, -0.05) is 30.3 Å². The number of cyclic esters (lactones) is 1. The summed E-state index contributed by atoms with van der Waals surface area (Å²) in [6, 6.07) is 10.6. The summed E-state index contributed by atoms with van der Waals surface area (Å²) in [6.45, 7) is 3.35. The molecule has 86 valence electrons. The van der Waals surface area contributed by atoms with Gasteiger partial charge in [-0.05, 0) is 25.3 Å². The summed E-state index contributed by atoms with van der Waals surface area (Å²) in [5.41, 5.74) is 1.32. The van der Waals surface area contributed by atoms with E-state index in [-0.39, 0.29) is 12.1 Å². The van der Waals surface area contributed by atoms with E-state index in [9.17, 15) is 4.79 Å². The van der Waals surface area contributed by atoms with Crippen LogP contribution in [0.2, 0.25) is 0 Å². The fourth-order valence-electron chi connectivity index (χ4n) is 1.98. The van der Waals surface area contributed by atoms with E-state index in [1.165, 1.54) is 5.56 Å². The lowest BCUT2D eigenvalue weighted by Gasteiger charge is -2.21. The van der Waals surface area contributed by atoms with Gasteiger partial charge in [0.25, 0.3) is 0 Å². The summed E-state index contributed by atoms with van der Waals surface area (Å²) in [5, 5.41) is 0. The molecule has 1 aliphatic heterocycles. The molecular formula is C13H17NO2. The lowest BCUT2D eigenvalue weighted by molar-refractivity contribution is 0.148. The first kappa shape index (κ1) is 11.0. The maximum absolute atomic E-state index is 11.3. The summed E-state index contributed by atoms with van der Waals surface area (Å²) in [7, 11) is 0. The lowest BCUT2D eigenvalue weighted by atomic mass is 10.1. The number of carbonyl (C=O) groups excluding carboxylic acids is 1. The van der Waals surface area contributed by atoms with Gasteiger partial charge in [0.2, 0.25) is 0 Å². The smallest absolute Gasteiger partial charge is 0.410 e. The van der Waals surface area contributed by atoms with E-state index in [0.29, 0.717) is 6.61 Å². The summed E-state index contributed by atoms with van der Waals surface area (Å²) in [6.07, 6.45) is 1.82. The van der Waals surface area contributed by atoms with Gasteiger partial charge in [-0.15, -0.1) is 0 Å². The molecule has 1 unspecified atom stereocenters. The summed E-state index contributed by atoms with van der Waals surface area (Å²) >= 11 is 0. The van der Waals surface area contributed by atoms with Gasteiger partial charge in [-0.25, -0.2) is 4.79 Å². The first-order chi connectivity index (χ1) is 7.77. The molecule has 1 saturated heterocycles. The van der Waals surface area contributed by atoms with Crippen LogP contribution >= 0.6 is 0 Å². The van der Waals surface area contributed by atoms with E-state index < -0.39 is 0 Å². The standard InChI is InChI=1S/C13H17NO2/c1-11(14-9-10-16-13(14)15)7-8-12-5-3-2-4-6-12/h2-6,11H,7-10H2,1H3. The predicted octanol–water partition coefficient (Wildman–Crippen LogP) is 2.46. The number of benzene rings is 1. The Morgan fingerprint density at radius 3 is 2.75 bits per heavy atom. The van der Waals surface area contributed by atoms with Gasteiger partial charge in [0.1, 0.15) is 6.61 Å². The van der Waals surface area contributed by atoms with Crippen LogP contribution in [-0.4, -0.2) is 30.2 Å². The van der Waals surface area contributed by atoms with Crippen LogP contribution in [0.3, 0.4) is 0 Å². The third kappa shape index (κ3) is 2.54. The largest absolute Gasteiger partial charge is 0.448 e. The van der Waals surface area contributed by atoms with Crippen molar-refractivity contribution in [1.29, 1.82) is 0 Å². The molecule has 2 rings (SSSR count). The number of hydrogen-bond donors (Lipinski definition) is 0. The number of aryl methyl sites for hydroxylation is 1. The van der Waals surface area contributed by atoms with Crippen LogP contribution < -0.4 is 0 Å². The number of nitrogens with zero attached hydrogens (tertiary/aromatic N) is 1. The minimum absolute atomic E-state index is 0.166. The maximum Gasteiger partial charge on any atom is 0.410 e. The molecule has 1 aromatic carbocycles. The molecule has 0 bridgehead atoms.